The lowest BCUT2D eigenvalue weighted by atomic mass is 10.2. The molecule has 0 aliphatic heterocycles. The van der Waals surface area contributed by atoms with Gasteiger partial charge in [0.25, 0.3) is 0 Å². The van der Waals surface area contributed by atoms with Gasteiger partial charge in [-0.3, -0.25) is 0 Å². The topological polar surface area (TPSA) is 9.23 Å². The molecule has 0 N–H and O–H groups in total. The maximum atomic E-state index is 5.45. The van der Waals surface area contributed by atoms with Crippen molar-refractivity contribution in [3.05, 3.63) is 30.3 Å². The minimum atomic E-state index is 0.736. The van der Waals surface area contributed by atoms with Gasteiger partial charge >= 0.3 is 0 Å². The van der Waals surface area contributed by atoms with Crippen LogP contribution in [-0.4, -0.2) is 6.61 Å². The molecule has 0 aliphatic carbocycles. The summed E-state index contributed by atoms with van der Waals surface area (Å²) in [6.07, 6.45) is 8.01. The van der Waals surface area contributed by atoms with Gasteiger partial charge < -0.3 is 4.74 Å². The molecule has 0 aliphatic rings. The van der Waals surface area contributed by atoms with Crippen LogP contribution in [0.25, 0.3) is 0 Å². The van der Waals surface area contributed by atoms with Crippen LogP contribution in [-0.2, 0) is 0 Å². The van der Waals surface area contributed by atoms with Crippen LogP contribution in [0.4, 0.5) is 0 Å². The molecule has 1 heteroatoms. The molecular weight excluding hydrogens is 160 g/mol. The summed E-state index contributed by atoms with van der Waals surface area (Å²) < 4.78 is 5.45. The third-order valence-electron chi connectivity index (χ3n) is 1.66. The molecule has 1 radical (unpaired) electrons. The van der Waals surface area contributed by atoms with Crippen LogP contribution < -0.4 is 4.74 Å². The molecule has 0 bridgehead atoms. The van der Waals surface area contributed by atoms with Crippen LogP contribution in [0, 0.1) is 18.4 Å². The Labute approximate surface area is 79.7 Å². The lowest BCUT2D eigenvalue weighted by molar-refractivity contribution is 0.307. The molecule has 0 spiro atoms. The second kappa shape index (κ2) is 6.14. The second-order valence-corrected chi connectivity index (χ2v) is 2.75. The normalized spacial score (nSPS) is 9.15. The minimum Gasteiger partial charge on any atom is -0.494 e. The number of hydrogen-bond donors (Lipinski definition) is 0. The van der Waals surface area contributed by atoms with Crippen LogP contribution in [0.1, 0.15) is 19.3 Å². The lowest BCUT2D eigenvalue weighted by Gasteiger charge is -2.03. The first kappa shape index (κ1) is 9.67. The van der Waals surface area contributed by atoms with E-state index in [4.69, 9.17) is 11.2 Å². The summed E-state index contributed by atoms with van der Waals surface area (Å²) in [5, 5.41) is 0. The van der Waals surface area contributed by atoms with Crippen molar-refractivity contribution in [2.45, 2.75) is 19.3 Å². The van der Waals surface area contributed by atoms with Gasteiger partial charge in [0.2, 0.25) is 0 Å². The number of ether oxygens (including phenoxy) is 1. The highest BCUT2D eigenvalue weighted by molar-refractivity contribution is 5.19. The summed E-state index contributed by atoms with van der Waals surface area (Å²) in [5.74, 6) is 3.48. The zero-order valence-electron chi connectivity index (χ0n) is 7.62. The quantitative estimate of drug-likeness (QED) is 0.491. The van der Waals surface area contributed by atoms with Crippen molar-refractivity contribution in [3.8, 4) is 18.1 Å². The number of rotatable bonds is 5. The second-order valence-electron chi connectivity index (χ2n) is 2.75. The van der Waals surface area contributed by atoms with Crippen LogP contribution in [0.2, 0.25) is 0 Å². The summed E-state index contributed by atoms with van der Waals surface area (Å²) in [6, 6.07) is 10.5. The molecule has 0 atom stereocenters. The van der Waals surface area contributed by atoms with Crippen LogP contribution >= 0.6 is 0 Å². The SMILES string of the molecule is C#CCCCCOc1c[c]ccc1. The number of hydrogen-bond acceptors (Lipinski definition) is 1. The van der Waals surface area contributed by atoms with Crippen molar-refractivity contribution in [3.63, 3.8) is 0 Å². The molecule has 1 aromatic rings. The fourth-order valence-electron chi connectivity index (χ4n) is 0.986. The number of terminal acetylenes is 1. The molecule has 67 valence electrons. The highest BCUT2D eigenvalue weighted by atomic mass is 16.5. The monoisotopic (exact) mass is 173 g/mol. The fourth-order valence-corrected chi connectivity index (χ4v) is 0.986. The van der Waals surface area contributed by atoms with Gasteiger partial charge in [0, 0.05) is 6.42 Å². The average molecular weight is 173 g/mol. The van der Waals surface area contributed by atoms with Gasteiger partial charge in [-0.15, -0.1) is 12.3 Å². The highest BCUT2D eigenvalue weighted by Gasteiger charge is 1.90. The molecular formula is C12H13O. The van der Waals surface area contributed by atoms with Gasteiger partial charge in [0.05, 0.1) is 6.61 Å². The molecule has 1 aromatic carbocycles. The standard InChI is InChI=1S/C12H13O/c1-2-3-4-8-11-13-12-9-6-5-7-10-12/h1,5-6,9-10H,3-4,8,11H2. The van der Waals surface area contributed by atoms with Gasteiger partial charge in [-0.25, -0.2) is 0 Å². The smallest absolute Gasteiger partial charge is 0.119 e. The van der Waals surface area contributed by atoms with E-state index in [9.17, 15) is 0 Å². The van der Waals surface area contributed by atoms with Crippen molar-refractivity contribution in [1.82, 2.24) is 0 Å². The molecule has 1 rings (SSSR count). The molecule has 0 unspecified atom stereocenters. The first-order chi connectivity index (χ1) is 6.43. The molecule has 0 amide bonds. The third kappa shape index (κ3) is 4.22. The third-order valence-corrected chi connectivity index (χ3v) is 1.66. The van der Waals surface area contributed by atoms with Crippen molar-refractivity contribution >= 4 is 0 Å². The van der Waals surface area contributed by atoms with Crippen molar-refractivity contribution in [1.29, 1.82) is 0 Å². The van der Waals surface area contributed by atoms with Gasteiger partial charge in [-0.2, -0.15) is 0 Å². The zero-order chi connectivity index (χ0) is 9.36. The predicted molar refractivity (Wildman–Crippen MR) is 53.5 cm³/mol. The van der Waals surface area contributed by atoms with Crippen LogP contribution in [0.5, 0.6) is 5.75 Å². The largest absolute Gasteiger partial charge is 0.494 e. The molecule has 0 saturated carbocycles. The Morgan fingerprint density at radius 2 is 2.38 bits per heavy atom. The van der Waals surface area contributed by atoms with Crippen molar-refractivity contribution in [2.24, 2.45) is 0 Å². The summed E-state index contributed by atoms with van der Waals surface area (Å²) in [4.78, 5) is 0. The summed E-state index contributed by atoms with van der Waals surface area (Å²) in [7, 11) is 0. The number of unbranched alkanes of at least 4 members (excludes halogenated alkanes) is 2. The van der Waals surface area contributed by atoms with E-state index >= 15 is 0 Å². The predicted octanol–water partition coefficient (Wildman–Crippen LogP) is 2.67. The minimum absolute atomic E-state index is 0.736. The molecule has 0 fully saturated rings. The first-order valence-electron chi connectivity index (χ1n) is 4.46. The van der Waals surface area contributed by atoms with E-state index in [1.807, 2.05) is 24.3 Å². The van der Waals surface area contributed by atoms with E-state index in [1.54, 1.807) is 0 Å². The van der Waals surface area contributed by atoms with E-state index in [0.29, 0.717) is 0 Å². The van der Waals surface area contributed by atoms with Gasteiger partial charge in [-0.05, 0) is 31.0 Å². The Kier molecular flexibility index (Phi) is 4.56. The van der Waals surface area contributed by atoms with E-state index in [-0.39, 0.29) is 0 Å². The lowest BCUT2D eigenvalue weighted by Crippen LogP contribution is -1.96. The van der Waals surface area contributed by atoms with E-state index in [1.165, 1.54) is 0 Å². The van der Waals surface area contributed by atoms with E-state index in [2.05, 4.69) is 12.0 Å². The summed E-state index contributed by atoms with van der Waals surface area (Å²) >= 11 is 0. The Bertz CT molecular complexity index is 258. The molecule has 13 heavy (non-hydrogen) atoms. The molecule has 0 heterocycles. The Balaban J connectivity index is 2.11. The van der Waals surface area contributed by atoms with Gasteiger partial charge in [0.1, 0.15) is 5.75 Å². The van der Waals surface area contributed by atoms with Gasteiger partial charge in [0.15, 0.2) is 0 Å². The Morgan fingerprint density at radius 3 is 3.08 bits per heavy atom. The highest BCUT2D eigenvalue weighted by Crippen LogP contribution is 2.08. The van der Waals surface area contributed by atoms with Crippen LogP contribution in [0.3, 0.4) is 0 Å². The fraction of sp³-hybridized carbons (Fsp3) is 0.333. The van der Waals surface area contributed by atoms with E-state index < -0.39 is 0 Å². The van der Waals surface area contributed by atoms with Crippen LogP contribution in [0.15, 0.2) is 24.3 Å². The Hall–Kier alpha value is -1.42. The molecule has 0 saturated heterocycles. The van der Waals surface area contributed by atoms with Crippen molar-refractivity contribution in [2.75, 3.05) is 6.61 Å². The first-order valence-corrected chi connectivity index (χ1v) is 4.46. The van der Waals surface area contributed by atoms with E-state index in [0.717, 1.165) is 31.6 Å². The van der Waals surface area contributed by atoms with Gasteiger partial charge in [-0.1, -0.05) is 12.1 Å². The van der Waals surface area contributed by atoms with Crippen molar-refractivity contribution < 1.29 is 4.74 Å². The number of benzene rings is 1. The summed E-state index contributed by atoms with van der Waals surface area (Å²) in [5.41, 5.74) is 0. The average Bonchev–Trinajstić information content (AvgIpc) is 2.19. The maximum absolute atomic E-state index is 5.45. The molecule has 0 aromatic heterocycles. The molecule has 1 nitrogen and oxygen atoms in total. The maximum Gasteiger partial charge on any atom is 0.119 e. The zero-order valence-corrected chi connectivity index (χ0v) is 7.62. The Morgan fingerprint density at radius 1 is 1.46 bits per heavy atom. The summed E-state index contributed by atoms with van der Waals surface area (Å²) in [6.45, 7) is 0.736.